The molecular formula is C16H11ClN4O5. The van der Waals surface area contributed by atoms with Crippen molar-refractivity contribution in [2.24, 2.45) is 5.16 Å². The molecule has 1 unspecified atom stereocenters. The van der Waals surface area contributed by atoms with Crippen LogP contribution in [-0.2, 0) is 0 Å². The van der Waals surface area contributed by atoms with Crippen molar-refractivity contribution in [1.82, 2.24) is 9.97 Å². The second-order valence-corrected chi connectivity index (χ2v) is 5.75. The van der Waals surface area contributed by atoms with Crippen molar-refractivity contribution in [3.63, 3.8) is 0 Å². The summed E-state index contributed by atoms with van der Waals surface area (Å²) >= 11 is 5.86. The van der Waals surface area contributed by atoms with Crippen LogP contribution in [0.15, 0.2) is 52.4 Å². The van der Waals surface area contributed by atoms with E-state index < -0.39 is 22.3 Å². The van der Waals surface area contributed by atoms with Crippen LogP contribution in [0, 0.1) is 10.1 Å². The van der Waals surface area contributed by atoms with E-state index in [1.807, 2.05) is 0 Å². The number of aliphatic hydroxyl groups excluding tert-OH is 1. The Morgan fingerprint density at radius 3 is 2.58 bits per heavy atom. The number of rotatable bonds is 4. The second-order valence-electron chi connectivity index (χ2n) is 5.31. The van der Waals surface area contributed by atoms with Crippen LogP contribution in [-0.4, -0.2) is 30.9 Å². The quantitative estimate of drug-likeness (QED) is 0.277. The molecule has 0 aliphatic carbocycles. The number of benzene rings is 2. The smallest absolute Gasteiger partial charge is 0.276 e. The molecule has 0 fully saturated rings. The fourth-order valence-electron chi connectivity index (χ4n) is 2.40. The molecule has 0 radical (unpaired) electrons. The molecule has 0 bridgehead atoms. The van der Waals surface area contributed by atoms with Gasteiger partial charge >= 0.3 is 0 Å². The van der Waals surface area contributed by atoms with E-state index in [2.05, 4.69) is 15.1 Å². The lowest BCUT2D eigenvalue weighted by Crippen LogP contribution is -2.25. The van der Waals surface area contributed by atoms with Crippen LogP contribution in [0.25, 0.3) is 11.0 Å². The van der Waals surface area contributed by atoms with E-state index in [1.54, 1.807) is 12.1 Å². The van der Waals surface area contributed by atoms with Crippen molar-refractivity contribution < 1.29 is 15.2 Å². The van der Waals surface area contributed by atoms with Gasteiger partial charge in [0.05, 0.1) is 16.0 Å². The summed E-state index contributed by atoms with van der Waals surface area (Å²) in [5.41, 5.74) is -0.573. The van der Waals surface area contributed by atoms with E-state index >= 15 is 0 Å². The minimum Gasteiger partial charge on any atom is -0.410 e. The number of nitro groups is 1. The van der Waals surface area contributed by atoms with Gasteiger partial charge in [0.25, 0.3) is 11.2 Å². The Morgan fingerprint density at radius 2 is 1.96 bits per heavy atom. The molecule has 2 aromatic carbocycles. The summed E-state index contributed by atoms with van der Waals surface area (Å²) < 4.78 is 0. The monoisotopic (exact) mass is 374 g/mol. The van der Waals surface area contributed by atoms with Gasteiger partial charge < -0.3 is 15.3 Å². The van der Waals surface area contributed by atoms with E-state index in [9.17, 15) is 25.2 Å². The Hall–Kier alpha value is -3.30. The molecule has 1 heterocycles. The van der Waals surface area contributed by atoms with Crippen molar-refractivity contribution in [1.29, 1.82) is 0 Å². The second kappa shape index (κ2) is 6.90. The molecule has 0 aliphatic rings. The predicted octanol–water partition coefficient (Wildman–Crippen LogP) is 2.40. The first-order valence-electron chi connectivity index (χ1n) is 7.25. The SMILES string of the molecule is O=c1[nH]c2cc(Cl)ccc2nc1/C(=N/O)C(O)c1ccc([N+](=O)[O-])cc1. The molecule has 1 atom stereocenters. The van der Waals surface area contributed by atoms with E-state index in [4.69, 9.17) is 11.6 Å². The molecule has 1 aromatic heterocycles. The summed E-state index contributed by atoms with van der Waals surface area (Å²) in [4.78, 5) is 29.1. The van der Waals surface area contributed by atoms with Crippen LogP contribution in [0.4, 0.5) is 5.69 Å². The molecule has 132 valence electrons. The number of fused-ring (bicyclic) bond motifs is 1. The summed E-state index contributed by atoms with van der Waals surface area (Å²) in [5, 5.41) is 33.8. The highest BCUT2D eigenvalue weighted by Gasteiger charge is 2.23. The Balaban J connectivity index is 2.04. The number of halogens is 1. The molecule has 0 amide bonds. The van der Waals surface area contributed by atoms with Gasteiger partial charge in [-0.15, -0.1) is 0 Å². The number of H-pyrrole nitrogens is 1. The molecule has 0 aliphatic heterocycles. The zero-order chi connectivity index (χ0) is 18.8. The number of non-ortho nitro benzene ring substituents is 1. The van der Waals surface area contributed by atoms with Crippen LogP contribution in [0.2, 0.25) is 5.02 Å². The number of aliphatic hydroxyl groups is 1. The Morgan fingerprint density at radius 1 is 1.27 bits per heavy atom. The largest absolute Gasteiger partial charge is 0.410 e. The van der Waals surface area contributed by atoms with Crippen LogP contribution in [0.1, 0.15) is 17.4 Å². The van der Waals surface area contributed by atoms with Gasteiger partial charge in [-0.25, -0.2) is 4.98 Å². The lowest BCUT2D eigenvalue weighted by Gasteiger charge is -2.12. The van der Waals surface area contributed by atoms with Gasteiger partial charge in [-0.3, -0.25) is 14.9 Å². The van der Waals surface area contributed by atoms with Crippen molar-refractivity contribution in [3.8, 4) is 0 Å². The van der Waals surface area contributed by atoms with Crippen LogP contribution in [0.5, 0.6) is 0 Å². The third kappa shape index (κ3) is 3.25. The minimum absolute atomic E-state index is 0.165. The molecule has 3 aromatic rings. The summed E-state index contributed by atoms with van der Waals surface area (Å²) in [6.07, 6.45) is -1.51. The maximum absolute atomic E-state index is 12.3. The van der Waals surface area contributed by atoms with Crippen LogP contribution >= 0.6 is 11.6 Å². The third-order valence-corrected chi connectivity index (χ3v) is 3.92. The fourth-order valence-corrected chi connectivity index (χ4v) is 2.57. The third-order valence-electron chi connectivity index (χ3n) is 3.68. The highest BCUT2D eigenvalue weighted by molar-refractivity contribution is 6.31. The average molecular weight is 375 g/mol. The topological polar surface area (TPSA) is 142 Å². The zero-order valence-electron chi connectivity index (χ0n) is 13.0. The number of aromatic nitrogens is 2. The number of oxime groups is 1. The number of nitrogens with one attached hydrogen (secondary N) is 1. The first-order chi connectivity index (χ1) is 12.4. The summed E-state index contributed by atoms with van der Waals surface area (Å²) in [6, 6.07) is 9.61. The van der Waals surface area contributed by atoms with Crippen molar-refractivity contribution in [2.75, 3.05) is 0 Å². The van der Waals surface area contributed by atoms with Gasteiger partial charge in [-0.2, -0.15) is 0 Å². The summed E-state index contributed by atoms with van der Waals surface area (Å²) in [5.74, 6) is 0. The molecule has 26 heavy (non-hydrogen) atoms. The van der Waals surface area contributed by atoms with Crippen LogP contribution < -0.4 is 5.56 Å². The lowest BCUT2D eigenvalue weighted by molar-refractivity contribution is -0.384. The highest BCUT2D eigenvalue weighted by atomic mass is 35.5. The zero-order valence-corrected chi connectivity index (χ0v) is 13.7. The van der Waals surface area contributed by atoms with Crippen LogP contribution in [0.3, 0.4) is 0 Å². The maximum atomic E-state index is 12.3. The van der Waals surface area contributed by atoms with Crippen molar-refractivity contribution in [2.45, 2.75) is 6.10 Å². The maximum Gasteiger partial charge on any atom is 0.276 e. The molecule has 9 nitrogen and oxygen atoms in total. The van der Waals surface area contributed by atoms with Gasteiger partial charge in [-0.05, 0) is 35.9 Å². The predicted molar refractivity (Wildman–Crippen MR) is 93.8 cm³/mol. The van der Waals surface area contributed by atoms with E-state index in [0.29, 0.717) is 16.1 Å². The van der Waals surface area contributed by atoms with Gasteiger partial charge in [-0.1, -0.05) is 16.8 Å². The number of hydrogen-bond acceptors (Lipinski definition) is 7. The van der Waals surface area contributed by atoms with E-state index in [-0.39, 0.29) is 16.9 Å². The molecule has 3 rings (SSSR count). The normalized spacial score (nSPS) is 12.9. The van der Waals surface area contributed by atoms with E-state index in [0.717, 1.165) is 0 Å². The Kier molecular flexibility index (Phi) is 4.65. The molecular weight excluding hydrogens is 364 g/mol. The van der Waals surface area contributed by atoms with Gasteiger partial charge in [0.1, 0.15) is 11.8 Å². The molecule has 10 heteroatoms. The first kappa shape index (κ1) is 17.5. The molecule has 3 N–H and O–H groups in total. The first-order valence-corrected chi connectivity index (χ1v) is 7.63. The highest BCUT2D eigenvalue weighted by Crippen LogP contribution is 2.21. The Bertz CT molecular complexity index is 1080. The fraction of sp³-hybridized carbons (Fsp3) is 0.0625. The number of aromatic amines is 1. The lowest BCUT2D eigenvalue weighted by atomic mass is 10.0. The average Bonchev–Trinajstić information content (AvgIpc) is 2.62. The van der Waals surface area contributed by atoms with Gasteiger partial charge in [0, 0.05) is 17.2 Å². The molecule has 0 spiro atoms. The Labute approximate surface area is 150 Å². The van der Waals surface area contributed by atoms with E-state index in [1.165, 1.54) is 30.3 Å². The number of nitrogens with zero attached hydrogens (tertiary/aromatic N) is 3. The summed E-state index contributed by atoms with van der Waals surface area (Å²) in [6.45, 7) is 0. The minimum atomic E-state index is -1.51. The van der Waals surface area contributed by atoms with Crippen molar-refractivity contribution in [3.05, 3.63) is 79.2 Å². The number of hydrogen-bond donors (Lipinski definition) is 3. The van der Waals surface area contributed by atoms with Gasteiger partial charge in [0.15, 0.2) is 5.69 Å². The summed E-state index contributed by atoms with van der Waals surface area (Å²) in [7, 11) is 0. The standard InChI is InChI=1S/C16H11ClN4O5/c17-9-3-6-11-12(7-9)19-16(23)14(18-11)13(20-24)15(22)8-1-4-10(5-2-8)21(25)26/h1-7,15,22,24H,(H,19,23)/b20-13-. The molecule has 0 saturated heterocycles. The number of nitro benzene ring substituents is 1. The van der Waals surface area contributed by atoms with Gasteiger partial charge in [0.2, 0.25) is 0 Å². The molecule has 0 saturated carbocycles. The van der Waals surface area contributed by atoms with Crippen molar-refractivity contribution >= 4 is 34.0 Å².